The number of likely N-dealkylation sites (tertiary alicyclic amines) is 1. The molecule has 0 bridgehead atoms. The molecule has 2 N–H and O–H groups in total. The third-order valence-corrected chi connectivity index (χ3v) is 6.50. The van der Waals surface area contributed by atoms with Gasteiger partial charge in [0.15, 0.2) is 0 Å². The van der Waals surface area contributed by atoms with E-state index in [1.54, 1.807) is 6.92 Å². The van der Waals surface area contributed by atoms with Crippen LogP contribution < -0.4 is 5.73 Å². The van der Waals surface area contributed by atoms with Crippen LogP contribution in [0, 0.1) is 19.3 Å². The molecule has 1 aliphatic heterocycles. The van der Waals surface area contributed by atoms with Crippen LogP contribution in [0.4, 0.5) is 13.2 Å². The second-order valence-corrected chi connectivity index (χ2v) is 8.50. The number of aromatic nitrogens is 1. The van der Waals surface area contributed by atoms with Crippen LogP contribution in [-0.4, -0.2) is 33.8 Å². The summed E-state index contributed by atoms with van der Waals surface area (Å²) in [5.41, 5.74) is 4.33. The molecule has 1 radical (unpaired) electrons. The van der Waals surface area contributed by atoms with Crippen molar-refractivity contribution >= 4 is 23.2 Å². The molecule has 5 nitrogen and oxygen atoms in total. The molecule has 1 saturated heterocycles. The Morgan fingerprint density at radius 3 is 2.68 bits per heavy atom. The van der Waals surface area contributed by atoms with Crippen LogP contribution in [-0.2, 0) is 11.0 Å². The maximum absolute atomic E-state index is 13.2. The summed E-state index contributed by atoms with van der Waals surface area (Å²) >= 11 is 1.16. The molecule has 0 spiro atoms. The number of piperidine rings is 1. The lowest BCUT2D eigenvalue weighted by Crippen LogP contribution is -2.37. The first kappa shape index (κ1) is 18.9. The SMILES string of the molecule is [CH2][C@H]1C[C@@]2(C(N)=O)C[C@@H]2N1C(=O)c1nc(C)sc1-c1cccc(C(F)(F)F)c1. The molecule has 2 aliphatic rings. The van der Waals surface area contributed by atoms with Gasteiger partial charge >= 0.3 is 6.18 Å². The van der Waals surface area contributed by atoms with E-state index in [2.05, 4.69) is 11.9 Å². The highest BCUT2D eigenvalue weighted by atomic mass is 32.1. The van der Waals surface area contributed by atoms with E-state index in [0.717, 1.165) is 23.5 Å². The number of rotatable bonds is 3. The van der Waals surface area contributed by atoms with Gasteiger partial charge in [0, 0.05) is 12.1 Å². The normalized spacial score (nSPS) is 26.2. The molecule has 4 rings (SSSR count). The minimum atomic E-state index is -4.48. The Morgan fingerprint density at radius 1 is 1.36 bits per heavy atom. The molecular weight excluding hydrogens is 391 g/mol. The molecule has 1 aromatic heterocycles. The van der Waals surface area contributed by atoms with Crippen molar-refractivity contribution < 1.29 is 22.8 Å². The number of nitrogens with zero attached hydrogens (tertiary/aromatic N) is 2. The third kappa shape index (κ3) is 2.80. The van der Waals surface area contributed by atoms with E-state index >= 15 is 0 Å². The van der Waals surface area contributed by atoms with E-state index in [0.29, 0.717) is 22.7 Å². The number of amides is 2. The van der Waals surface area contributed by atoms with E-state index < -0.39 is 35.0 Å². The Kier molecular flexibility index (Phi) is 4.08. The van der Waals surface area contributed by atoms with E-state index in [1.165, 1.54) is 17.0 Å². The second-order valence-electron chi connectivity index (χ2n) is 7.30. The Morgan fingerprint density at radius 2 is 2.07 bits per heavy atom. The average molecular weight is 408 g/mol. The number of halogens is 3. The summed E-state index contributed by atoms with van der Waals surface area (Å²) in [5.74, 6) is -0.878. The molecular formula is C19H17F3N3O2S. The summed E-state index contributed by atoms with van der Waals surface area (Å²) in [6.45, 7) is 5.64. The standard InChI is InChI=1S/C19H17F3N3O2S/c1-9-7-18(17(23)27)8-13(18)25(9)16(26)14-15(28-10(2)24-14)11-4-3-5-12(6-11)19(20,21)22/h3-6,9,13H,1,7-8H2,2H3,(H2,23,27)/t9-,13-,18+/m0/s1. The van der Waals surface area contributed by atoms with E-state index in [1.807, 2.05) is 0 Å². The van der Waals surface area contributed by atoms with Crippen molar-refractivity contribution in [1.82, 2.24) is 9.88 Å². The van der Waals surface area contributed by atoms with E-state index in [9.17, 15) is 22.8 Å². The van der Waals surface area contributed by atoms with Crippen LogP contribution in [0.25, 0.3) is 10.4 Å². The predicted molar refractivity (Wildman–Crippen MR) is 97.3 cm³/mol. The highest BCUT2D eigenvalue weighted by Crippen LogP contribution is 2.59. The average Bonchev–Trinajstić information content (AvgIpc) is 3.05. The van der Waals surface area contributed by atoms with E-state index in [-0.39, 0.29) is 17.3 Å². The molecule has 1 aromatic carbocycles. The Balaban J connectivity index is 1.72. The number of hydrogen-bond acceptors (Lipinski definition) is 4. The molecule has 3 atom stereocenters. The summed E-state index contributed by atoms with van der Waals surface area (Å²) in [6, 6.07) is 4.07. The van der Waals surface area contributed by atoms with Crippen LogP contribution >= 0.6 is 11.3 Å². The van der Waals surface area contributed by atoms with Crippen molar-refractivity contribution in [2.24, 2.45) is 11.1 Å². The number of alkyl halides is 3. The van der Waals surface area contributed by atoms with Gasteiger partial charge in [0.2, 0.25) is 5.91 Å². The molecule has 9 heteroatoms. The zero-order valence-corrected chi connectivity index (χ0v) is 15.7. The smallest absolute Gasteiger partial charge is 0.369 e. The molecule has 1 aliphatic carbocycles. The Labute approximate surface area is 163 Å². The first-order chi connectivity index (χ1) is 13.0. The lowest BCUT2D eigenvalue weighted by atomic mass is 10.00. The fraction of sp³-hybridized carbons (Fsp3) is 0.368. The zero-order valence-electron chi connectivity index (χ0n) is 14.9. The lowest BCUT2D eigenvalue weighted by Gasteiger charge is -2.23. The molecule has 2 amide bonds. The fourth-order valence-electron chi connectivity index (χ4n) is 4.04. The maximum Gasteiger partial charge on any atom is 0.416 e. The largest absolute Gasteiger partial charge is 0.416 e. The molecule has 2 fully saturated rings. The number of benzene rings is 1. The lowest BCUT2D eigenvalue weighted by molar-refractivity contribution is -0.137. The molecule has 0 unspecified atom stereocenters. The summed E-state index contributed by atoms with van der Waals surface area (Å²) in [4.78, 5) is 31.1. The highest BCUT2D eigenvalue weighted by Gasteiger charge is 2.68. The Bertz CT molecular complexity index is 987. The maximum atomic E-state index is 13.2. The first-order valence-corrected chi connectivity index (χ1v) is 9.47. The Hall–Kier alpha value is -2.42. The fourth-order valence-corrected chi connectivity index (χ4v) is 4.95. The molecule has 28 heavy (non-hydrogen) atoms. The van der Waals surface area contributed by atoms with Gasteiger partial charge in [0.1, 0.15) is 5.69 Å². The van der Waals surface area contributed by atoms with Crippen molar-refractivity contribution in [2.45, 2.75) is 38.0 Å². The molecule has 2 heterocycles. The van der Waals surface area contributed by atoms with Gasteiger partial charge in [-0.1, -0.05) is 12.1 Å². The van der Waals surface area contributed by atoms with Gasteiger partial charge in [-0.3, -0.25) is 9.59 Å². The van der Waals surface area contributed by atoms with Gasteiger partial charge in [-0.2, -0.15) is 13.2 Å². The van der Waals surface area contributed by atoms with Gasteiger partial charge < -0.3 is 10.6 Å². The van der Waals surface area contributed by atoms with Crippen molar-refractivity contribution in [3.8, 4) is 10.4 Å². The van der Waals surface area contributed by atoms with Gasteiger partial charge in [0.05, 0.1) is 20.9 Å². The van der Waals surface area contributed by atoms with Crippen molar-refractivity contribution in [3.63, 3.8) is 0 Å². The molecule has 147 valence electrons. The van der Waals surface area contributed by atoms with Gasteiger partial charge in [-0.25, -0.2) is 4.98 Å². The summed E-state index contributed by atoms with van der Waals surface area (Å²) in [5, 5.41) is 0.563. The zero-order chi connectivity index (χ0) is 20.4. The van der Waals surface area contributed by atoms with Crippen molar-refractivity contribution in [2.75, 3.05) is 0 Å². The topological polar surface area (TPSA) is 76.3 Å². The number of carbonyl (C=O) groups excluding carboxylic acids is 2. The monoisotopic (exact) mass is 408 g/mol. The second kappa shape index (κ2) is 6.04. The van der Waals surface area contributed by atoms with Gasteiger partial charge in [-0.05, 0) is 44.4 Å². The van der Waals surface area contributed by atoms with Gasteiger partial charge in [-0.15, -0.1) is 11.3 Å². The van der Waals surface area contributed by atoms with E-state index in [4.69, 9.17) is 5.73 Å². The van der Waals surface area contributed by atoms with Gasteiger partial charge in [0.25, 0.3) is 5.91 Å². The van der Waals surface area contributed by atoms with Crippen molar-refractivity contribution in [3.05, 3.63) is 47.5 Å². The first-order valence-electron chi connectivity index (χ1n) is 8.65. The number of primary amides is 1. The highest BCUT2D eigenvalue weighted by molar-refractivity contribution is 7.15. The van der Waals surface area contributed by atoms with Crippen molar-refractivity contribution in [1.29, 1.82) is 0 Å². The van der Waals surface area contributed by atoms with Crippen LogP contribution in [0.15, 0.2) is 24.3 Å². The summed E-state index contributed by atoms with van der Waals surface area (Å²) in [7, 11) is 0. The number of aryl methyl sites for hydroxylation is 1. The predicted octanol–water partition coefficient (Wildman–Crippen LogP) is 3.43. The quantitative estimate of drug-likeness (QED) is 0.845. The third-order valence-electron chi connectivity index (χ3n) is 5.48. The van der Waals surface area contributed by atoms with Crippen LogP contribution in [0.5, 0.6) is 0 Å². The summed E-state index contributed by atoms with van der Waals surface area (Å²) in [6.07, 6.45) is -3.61. The molecule has 2 aromatic rings. The summed E-state index contributed by atoms with van der Waals surface area (Å²) < 4.78 is 39.2. The number of nitrogens with two attached hydrogens (primary N) is 1. The van der Waals surface area contributed by atoms with Crippen LogP contribution in [0.1, 0.15) is 33.9 Å². The number of hydrogen-bond donors (Lipinski definition) is 1. The van der Waals surface area contributed by atoms with Crippen LogP contribution in [0.2, 0.25) is 0 Å². The molecule has 1 saturated carbocycles. The number of thiazole rings is 1. The number of carbonyl (C=O) groups is 2. The minimum absolute atomic E-state index is 0.0858. The number of fused-ring (bicyclic) bond motifs is 1. The minimum Gasteiger partial charge on any atom is -0.369 e. The van der Waals surface area contributed by atoms with Crippen LogP contribution in [0.3, 0.4) is 0 Å².